The van der Waals surface area contributed by atoms with Gasteiger partial charge in [-0.3, -0.25) is 23.9 Å². The van der Waals surface area contributed by atoms with E-state index in [1.54, 1.807) is 7.11 Å². The zero-order valence-electron chi connectivity index (χ0n) is 34.0. The van der Waals surface area contributed by atoms with Crippen LogP contribution in [0.1, 0.15) is 130 Å². The van der Waals surface area contributed by atoms with E-state index in [1.165, 1.54) is 42.2 Å². The van der Waals surface area contributed by atoms with E-state index in [-0.39, 0.29) is 35.2 Å². The zero-order valence-corrected chi connectivity index (χ0v) is 34.8. The molecule has 0 spiro atoms. The lowest BCUT2D eigenvalue weighted by molar-refractivity contribution is 0.0413. The lowest BCUT2D eigenvalue weighted by atomic mass is 9.81. The summed E-state index contributed by atoms with van der Waals surface area (Å²) < 4.78 is 13.1. The van der Waals surface area contributed by atoms with Crippen LogP contribution in [0.3, 0.4) is 0 Å². The second-order valence-electron chi connectivity index (χ2n) is 16.0. The number of allylic oxidation sites excluding steroid dienone is 2. The number of aromatic nitrogens is 3. The smallest absolute Gasteiger partial charge is 0.261 e. The number of fused-ring (bicyclic) bond motifs is 1. The van der Waals surface area contributed by atoms with Crippen molar-refractivity contribution in [3.8, 4) is 17.0 Å². The summed E-state index contributed by atoms with van der Waals surface area (Å²) in [6, 6.07) is 15.2. The number of rotatable bonds is 11. The largest absolute Gasteiger partial charge is 0.497 e. The molecule has 9 nitrogen and oxygen atoms in total. The van der Waals surface area contributed by atoms with Gasteiger partial charge in [0, 0.05) is 59.5 Å². The molecule has 1 N–H and O–H groups in total. The summed E-state index contributed by atoms with van der Waals surface area (Å²) in [4.78, 5) is 32.7. The molecule has 3 heterocycles. The van der Waals surface area contributed by atoms with Gasteiger partial charge in [-0.15, -0.1) is 0 Å². The molecule has 2 aromatic heterocycles. The quantitative estimate of drug-likeness (QED) is 0.154. The molecule has 54 heavy (non-hydrogen) atoms. The van der Waals surface area contributed by atoms with Crippen molar-refractivity contribution in [1.82, 2.24) is 28.9 Å². The molecule has 1 saturated heterocycles. The number of benzene rings is 2. The number of likely N-dealkylation sites (N-methyl/N-ethyl adjacent to an activating group) is 1. The van der Waals surface area contributed by atoms with E-state index >= 15 is 0 Å². The van der Waals surface area contributed by atoms with Crippen LogP contribution in [0.4, 0.5) is 0 Å². The van der Waals surface area contributed by atoms with Gasteiger partial charge in [-0.2, -0.15) is 5.10 Å². The number of carbonyl (C=O) groups excluding carboxylic acids is 2. The van der Waals surface area contributed by atoms with Crippen molar-refractivity contribution in [1.29, 1.82) is 0 Å². The van der Waals surface area contributed by atoms with E-state index in [0.717, 1.165) is 52.3 Å². The Kier molecular flexibility index (Phi) is 12.3. The molecule has 2 fully saturated rings. The summed E-state index contributed by atoms with van der Waals surface area (Å²) in [6.07, 6.45) is 8.08. The third-order valence-corrected chi connectivity index (χ3v) is 12.3. The second kappa shape index (κ2) is 16.8. The van der Waals surface area contributed by atoms with Crippen LogP contribution in [0.2, 0.25) is 0 Å². The fourth-order valence-corrected chi connectivity index (χ4v) is 8.92. The third kappa shape index (κ3) is 7.87. The summed E-state index contributed by atoms with van der Waals surface area (Å²) in [5.74, 6) is 1.14. The molecule has 2 unspecified atom stereocenters. The summed E-state index contributed by atoms with van der Waals surface area (Å²) >= 11 is 1.43. The number of ether oxygens (including phenoxy) is 1. The minimum absolute atomic E-state index is 0.0366. The summed E-state index contributed by atoms with van der Waals surface area (Å²) in [6.45, 7) is 18.7. The number of carbonyl (C=O) groups is 2. The number of methoxy groups -OCH3 is 1. The molecule has 10 heteroatoms. The first-order valence-corrected chi connectivity index (χ1v) is 20.7. The van der Waals surface area contributed by atoms with E-state index in [4.69, 9.17) is 9.84 Å². The van der Waals surface area contributed by atoms with Crippen molar-refractivity contribution in [2.45, 2.75) is 123 Å². The Morgan fingerprint density at radius 1 is 1.00 bits per heavy atom. The van der Waals surface area contributed by atoms with E-state index in [0.29, 0.717) is 36.7 Å². The van der Waals surface area contributed by atoms with E-state index in [9.17, 15) is 9.59 Å². The van der Waals surface area contributed by atoms with E-state index in [2.05, 4.69) is 100 Å². The van der Waals surface area contributed by atoms with Crippen LogP contribution in [-0.4, -0.2) is 80.5 Å². The van der Waals surface area contributed by atoms with Crippen molar-refractivity contribution in [3.05, 3.63) is 76.6 Å². The van der Waals surface area contributed by atoms with Crippen LogP contribution in [0.25, 0.3) is 27.7 Å². The number of nitrogens with one attached hydrogen (secondary N) is 1. The highest BCUT2D eigenvalue weighted by atomic mass is 32.2. The lowest BCUT2D eigenvalue weighted by Crippen LogP contribution is -2.56. The van der Waals surface area contributed by atoms with Crippen molar-refractivity contribution in [2.24, 2.45) is 0 Å². The van der Waals surface area contributed by atoms with Crippen LogP contribution in [0.5, 0.6) is 5.75 Å². The fourth-order valence-electron chi connectivity index (χ4n) is 8.46. The van der Waals surface area contributed by atoms with Crippen LogP contribution in [0, 0.1) is 6.92 Å². The third-order valence-electron chi connectivity index (χ3n) is 11.5. The van der Waals surface area contributed by atoms with E-state index in [1.807, 2.05) is 34.7 Å². The van der Waals surface area contributed by atoms with Crippen molar-refractivity contribution >= 4 is 40.2 Å². The standard InChI is InChI=1S/C44H60N6O3S/c1-11-32(42-39(31(8)45-50(42)27(2)3)44(52)48-24-29(6)47(9)30(7)25-48)26-49-38-23-35(43(51)46-54-28(4)5)19-22-37(38)40(33-15-13-12-14-16-33)41(49)34-17-20-36(53-10)21-18-34/h11,17-23,27-30,33H,12-16,24-26H2,1-10H3,(H,46,51)/b32-11+. The molecule has 1 saturated carbocycles. The van der Waals surface area contributed by atoms with Gasteiger partial charge in [-0.1, -0.05) is 45.3 Å². The highest BCUT2D eigenvalue weighted by molar-refractivity contribution is 7.98. The van der Waals surface area contributed by atoms with Gasteiger partial charge in [-0.25, -0.2) is 0 Å². The molecule has 1 aliphatic heterocycles. The minimum atomic E-state index is -0.100. The molecular formula is C44H60N6O3S. The summed E-state index contributed by atoms with van der Waals surface area (Å²) in [5.41, 5.74) is 8.59. The van der Waals surface area contributed by atoms with Gasteiger partial charge >= 0.3 is 0 Å². The molecule has 290 valence electrons. The van der Waals surface area contributed by atoms with Crippen LogP contribution in [0.15, 0.2) is 48.5 Å². The maximum atomic E-state index is 14.7. The normalized spacial score (nSPS) is 19.0. The van der Waals surface area contributed by atoms with Gasteiger partial charge in [0.2, 0.25) is 0 Å². The van der Waals surface area contributed by atoms with Gasteiger partial charge in [0.05, 0.1) is 29.8 Å². The van der Waals surface area contributed by atoms with Crippen molar-refractivity contribution in [2.75, 3.05) is 27.2 Å². The molecule has 4 aromatic rings. The number of nitrogens with zero attached hydrogens (tertiary/aromatic N) is 5. The van der Waals surface area contributed by atoms with Gasteiger partial charge < -0.3 is 14.2 Å². The monoisotopic (exact) mass is 752 g/mol. The molecule has 2 aliphatic rings. The molecular weight excluding hydrogens is 693 g/mol. The maximum Gasteiger partial charge on any atom is 0.261 e. The molecule has 0 radical (unpaired) electrons. The first kappa shape index (κ1) is 39.7. The maximum absolute atomic E-state index is 14.7. The van der Waals surface area contributed by atoms with Gasteiger partial charge in [0.15, 0.2) is 0 Å². The highest BCUT2D eigenvalue weighted by Gasteiger charge is 2.35. The molecule has 2 atom stereocenters. The molecule has 2 aromatic carbocycles. The summed E-state index contributed by atoms with van der Waals surface area (Å²) in [7, 11) is 3.84. The minimum Gasteiger partial charge on any atom is -0.497 e. The zero-order chi connectivity index (χ0) is 38.8. The number of amides is 2. The Labute approximate surface area is 326 Å². The van der Waals surface area contributed by atoms with Crippen LogP contribution in [-0.2, 0) is 6.54 Å². The second-order valence-corrected chi connectivity index (χ2v) is 17.4. The predicted molar refractivity (Wildman–Crippen MR) is 224 cm³/mol. The Morgan fingerprint density at radius 3 is 2.26 bits per heavy atom. The highest BCUT2D eigenvalue weighted by Crippen LogP contribution is 2.45. The van der Waals surface area contributed by atoms with E-state index < -0.39 is 0 Å². The van der Waals surface area contributed by atoms with Crippen molar-refractivity contribution < 1.29 is 14.3 Å². The van der Waals surface area contributed by atoms with Crippen molar-refractivity contribution in [3.63, 3.8) is 0 Å². The average molecular weight is 753 g/mol. The SMILES string of the molecule is C/C=C(\Cn1c(-c2ccc(OC)cc2)c(C2CCCCC2)c2ccc(C(=O)NSC(C)C)cc21)c1c(C(=O)N2CC(C)N(C)C(C)C2)c(C)nn1C(C)C. The molecule has 0 bridgehead atoms. The van der Waals surface area contributed by atoms with Crippen LogP contribution < -0.4 is 9.46 Å². The predicted octanol–water partition coefficient (Wildman–Crippen LogP) is 9.50. The molecule has 6 rings (SSSR count). The Hall–Kier alpha value is -4.02. The number of piperazine rings is 1. The Bertz CT molecular complexity index is 1990. The van der Waals surface area contributed by atoms with Gasteiger partial charge in [-0.05, 0) is 132 Å². The fraction of sp³-hybridized carbons (Fsp3) is 0.523. The lowest BCUT2D eigenvalue weighted by Gasteiger charge is -2.42. The molecule has 2 amide bonds. The number of hydrogen-bond acceptors (Lipinski definition) is 6. The van der Waals surface area contributed by atoms with Gasteiger partial charge in [0.1, 0.15) is 5.75 Å². The average Bonchev–Trinajstić information content (AvgIpc) is 3.68. The first-order chi connectivity index (χ1) is 25.8. The number of hydrogen-bond donors (Lipinski definition) is 1. The number of aryl methyl sites for hydroxylation is 1. The van der Waals surface area contributed by atoms with Gasteiger partial charge in [0.25, 0.3) is 11.8 Å². The molecule has 1 aliphatic carbocycles. The topological polar surface area (TPSA) is 84.6 Å². The summed E-state index contributed by atoms with van der Waals surface area (Å²) in [5, 5.41) is 6.49. The first-order valence-electron chi connectivity index (χ1n) is 19.9. The van der Waals surface area contributed by atoms with Crippen LogP contribution >= 0.6 is 11.9 Å². The Balaban J connectivity index is 1.56. The Morgan fingerprint density at radius 2 is 1.67 bits per heavy atom.